The average Bonchev–Trinajstić information content (AvgIpc) is 3.40. The topological polar surface area (TPSA) is 20.3 Å². The lowest BCUT2D eigenvalue weighted by Crippen LogP contribution is -2.42. The summed E-state index contributed by atoms with van der Waals surface area (Å²) in [5.41, 5.74) is 4.44. The van der Waals surface area contributed by atoms with Crippen LogP contribution in [0.25, 0.3) is 5.57 Å². The molecule has 0 N–H and O–H groups in total. The molecule has 2 nitrogen and oxygen atoms in total. The maximum Gasteiger partial charge on any atom is 0.205 e. The average molecular weight is 434 g/mol. The molecule has 1 atom stereocenters. The van der Waals surface area contributed by atoms with E-state index in [9.17, 15) is 4.79 Å². The van der Waals surface area contributed by atoms with Gasteiger partial charge in [-0.2, -0.15) is 0 Å². The Morgan fingerprint density at radius 1 is 0.781 bits per heavy atom. The fourth-order valence-corrected chi connectivity index (χ4v) is 4.95. The Labute approximate surface area is 192 Å². The standard InChI is InChI=1S/C29H23NOS/c1-29(23-14-7-3-8-15-23)20-25(22-12-5-2-6-13-22)26(28(31)27-18-11-19-32-27)21-30(29)24-16-9-4-10-17-24/h2-21H,1H3. The van der Waals surface area contributed by atoms with E-state index in [-0.39, 0.29) is 5.78 Å². The van der Waals surface area contributed by atoms with Crippen molar-refractivity contribution < 1.29 is 4.79 Å². The maximum atomic E-state index is 13.6. The minimum atomic E-state index is -0.465. The first-order valence-electron chi connectivity index (χ1n) is 10.7. The summed E-state index contributed by atoms with van der Waals surface area (Å²) in [6.45, 7) is 2.21. The lowest BCUT2D eigenvalue weighted by molar-refractivity contribution is 0.104. The van der Waals surface area contributed by atoms with Gasteiger partial charge in [-0.3, -0.25) is 4.79 Å². The zero-order valence-corrected chi connectivity index (χ0v) is 18.6. The zero-order chi connectivity index (χ0) is 22.0. The number of hydrogen-bond acceptors (Lipinski definition) is 3. The summed E-state index contributed by atoms with van der Waals surface area (Å²) in [7, 11) is 0. The van der Waals surface area contributed by atoms with E-state index < -0.39 is 5.54 Å². The minimum Gasteiger partial charge on any atom is -0.334 e. The first-order valence-corrected chi connectivity index (χ1v) is 11.5. The summed E-state index contributed by atoms with van der Waals surface area (Å²) in [6.07, 6.45) is 4.28. The Morgan fingerprint density at radius 3 is 2.03 bits per heavy atom. The highest BCUT2D eigenvalue weighted by molar-refractivity contribution is 7.12. The smallest absolute Gasteiger partial charge is 0.205 e. The van der Waals surface area contributed by atoms with E-state index in [0.717, 1.165) is 27.3 Å². The molecule has 0 aliphatic carbocycles. The molecule has 1 aliphatic rings. The van der Waals surface area contributed by atoms with Gasteiger partial charge in [-0.25, -0.2) is 0 Å². The fourth-order valence-electron chi connectivity index (χ4n) is 4.27. The number of hydrogen-bond donors (Lipinski definition) is 0. The molecule has 4 aromatic rings. The first-order chi connectivity index (χ1) is 15.7. The molecule has 32 heavy (non-hydrogen) atoms. The third kappa shape index (κ3) is 3.61. The summed E-state index contributed by atoms with van der Waals surface area (Å²) in [6, 6.07) is 34.7. The number of allylic oxidation sites excluding steroid dienone is 2. The number of nitrogens with zero attached hydrogens (tertiary/aromatic N) is 1. The molecule has 156 valence electrons. The number of benzene rings is 3. The summed E-state index contributed by atoms with van der Waals surface area (Å²) >= 11 is 1.48. The molecule has 0 saturated carbocycles. The lowest BCUT2D eigenvalue weighted by atomic mass is 9.80. The Kier molecular flexibility index (Phi) is 5.34. The second-order valence-corrected chi connectivity index (χ2v) is 8.94. The van der Waals surface area contributed by atoms with Crippen molar-refractivity contribution in [3.05, 3.63) is 142 Å². The quantitative estimate of drug-likeness (QED) is 0.307. The third-order valence-corrected chi connectivity index (χ3v) is 6.81. The van der Waals surface area contributed by atoms with Crippen molar-refractivity contribution in [2.24, 2.45) is 0 Å². The van der Waals surface area contributed by atoms with Gasteiger partial charge in [-0.05, 0) is 53.3 Å². The molecule has 2 heterocycles. The first kappa shape index (κ1) is 20.2. The number of anilines is 1. The molecule has 1 unspecified atom stereocenters. The molecule has 1 aliphatic heterocycles. The molecule has 1 aromatic heterocycles. The van der Waals surface area contributed by atoms with E-state index in [0.29, 0.717) is 5.57 Å². The van der Waals surface area contributed by atoms with Crippen LogP contribution in [0.2, 0.25) is 0 Å². The van der Waals surface area contributed by atoms with Crippen LogP contribution < -0.4 is 4.90 Å². The van der Waals surface area contributed by atoms with E-state index >= 15 is 0 Å². The number of carbonyl (C=O) groups is 1. The molecule has 3 heteroatoms. The fraction of sp³-hybridized carbons (Fsp3) is 0.0690. The van der Waals surface area contributed by atoms with Gasteiger partial charge < -0.3 is 4.90 Å². The Hall–Kier alpha value is -3.69. The van der Waals surface area contributed by atoms with Gasteiger partial charge in [-0.15, -0.1) is 11.3 Å². The van der Waals surface area contributed by atoms with Crippen molar-refractivity contribution in [2.75, 3.05) is 4.90 Å². The van der Waals surface area contributed by atoms with Gasteiger partial charge in [0.1, 0.15) is 0 Å². The molecule has 0 spiro atoms. The maximum absolute atomic E-state index is 13.6. The Bertz CT molecular complexity index is 1280. The summed E-state index contributed by atoms with van der Waals surface area (Å²) in [4.78, 5) is 16.6. The molecule has 0 amide bonds. The van der Waals surface area contributed by atoms with E-state index in [2.05, 4.69) is 66.4 Å². The SMILES string of the molecule is CC1(c2ccccc2)C=C(c2ccccc2)C(C(=O)c2cccs2)=CN1c1ccccc1. The van der Waals surface area contributed by atoms with Crippen LogP contribution in [0.4, 0.5) is 5.69 Å². The summed E-state index contributed by atoms with van der Waals surface area (Å²) in [5, 5.41) is 1.95. The molecule has 0 fully saturated rings. The van der Waals surface area contributed by atoms with Crippen molar-refractivity contribution in [2.45, 2.75) is 12.5 Å². The van der Waals surface area contributed by atoms with Crippen molar-refractivity contribution in [3.63, 3.8) is 0 Å². The van der Waals surface area contributed by atoms with Gasteiger partial charge in [0.25, 0.3) is 0 Å². The van der Waals surface area contributed by atoms with Crippen molar-refractivity contribution in [1.82, 2.24) is 0 Å². The number of thiophene rings is 1. The summed E-state index contributed by atoms with van der Waals surface area (Å²) < 4.78 is 0. The molecule has 0 bridgehead atoms. The van der Waals surface area contributed by atoms with Gasteiger partial charge >= 0.3 is 0 Å². The van der Waals surface area contributed by atoms with Gasteiger partial charge in [0.15, 0.2) is 0 Å². The lowest BCUT2D eigenvalue weighted by Gasteiger charge is -2.43. The van der Waals surface area contributed by atoms with Crippen LogP contribution in [0, 0.1) is 0 Å². The van der Waals surface area contributed by atoms with Gasteiger partial charge in [0, 0.05) is 17.5 Å². The van der Waals surface area contributed by atoms with E-state index in [1.54, 1.807) is 0 Å². The number of ketones is 1. The van der Waals surface area contributed by atoms with Crippen molar-refractivity contribution in [3.8, 4) is 0 Å². The number of para-hydroxylation sites is 1. The van der Waals surface area contributed by atoms with Crippen LogP contribution in [0.3, 0.4) is 0 Å². The van der Waals surface area contributed by atoms with Gasteiger partial charge in [0.05, 0.1) is 10.4 Å². The van der Waals surface area contributed by atoms with E-state index in [1.807, 2.05) is 66.2 Å². The van der Waals surface area contributed by atoms with Crippen LogP contribution >= 0.6 is 11.3 Å². The van der Waals surface area contributed by atoms with E-state index in [4.69, 9.17) is 0 Å². The predicted molar refractivity (Wildman–Crippen MR) is 134 cm³/mol. The molecular formula is C29H23NOS. The highest BCUT2D eigenvalue weighted by Crippen LogP contribution is 2.43. The number of Topliss-reactive ketones (excluding diaryl/α,β-unsaturated/α-hetero) is 1. The van der Waals surface area contributed by atoms with Crippen LogP contribution in [-0.2, 0) is 5.54 Å². The zero-order valence-electron chi connectivity index (χ0n) is 17.8. The van der Waals surface area contributed by atoms with Crippen molar-refractivity contribution in [1.29, 1.82) is 0 Å². The molecular weight excluding hydrogens is 410 g/mol. The molecule has 0 radical (unpaired) electrons. The minimum absolute atomic E-state index is 0.0474. The molecule has 3 aromatic carbocycles. The van der Waals surface area contributed by atoms with Crippen LogP contribution in [0.15, 0.2) is 126 Å². The van der Waals surface area contributed by atoms with Crippen LogP contribution in [-0.4, -0.2) is 5.78 Å². The number of carbonyl (C=O) groups excluding carboxylic acids is 1. The van der Waals surface area contributed by atoms with Gasteiger partial charge in [0.2, 0.25) is 5.78 Å². The van der Waals surface area contributed by atoms with Gasteiger partial charge in [-0.1, -0.05) is 84.9 Å². The second-order valence-electron chi connectivity index (χ2n) is 7.99. The Morgan fingerprint density at radius 2 is 1.41 bits per heavy atom. The molecule has 0 saturated heterocycles. The normalized spacial score (nSPS) is 18.1. The third-order valence-electron chi connectivity index (χ3n) is 5.94. The van der Waals surface area contributed by atoms with Crippen LogP contribution in [0.1, 0.15) is 27.7 Å². The van der Waals surface area contributed by atoms with Crippen molar-refractivity contribution >= 4 is 28.4 Å². The highest BCUT2D eigenvalue weighted by atomic mass is 32.1. The largest absolute Gasteiger partial charge is 0.334 e. The Balaban J connectivity index is 1.75. The monoisotopic (exact) mass is 433 g/mol. The van der Waals surface area contributed by atoms with Crippen LogP contribution in [0.5, 0.6) is 0 Å². The number of rotatable bonds is 5. The predicted octanol–water partition coefficient (Wildman–Crippen LogP) is 7.33. The van der Waals surface area contributed by atoms with E-state index in [1.165, 1.54) is 11.3 Å². The second kappa shape index (κ2) is 8.45. The highest BCUT2D eigenvalue weighted by Gasteiger charge is 2.37. The summed E-state index contributed by atoms with van der Waals surface area (Å²) in [5.74, 6) is 0.0474. The molecule has 5 rings (SSSR count).